The highest BCUT2D eigenvalue weighted by molar-refractivity contribution is 5.89. The number of rotatable bonds is 6. The molecule has 0 aromatic heterocycles. The Balaban J connectivity index is 2.22. The number of para-hydroxylation sites is 1. The number of unbranched alkanes of at least 4 members (excludes halogenated alkanes) is 1. The normalized spacial score (nSPS) is 9.83. The number of benzene rings is 1. The molecule has 0 saturated carbocycles. The number of aliphatic carboxylic acids is 1. The number of carbonyl (C=O) groups excluding carboxylic acids is 1. The number of carboxylic acids is 1. The molecule has 1 aromatic rings. The van der Waals surface area contributed by atoms with Crippen LogP contribution in [-0.4, -0.2) is 23.7 Å². The van der Waals surface area contributed by atoms with Crippen LogP contribution in [0.1, 0.15) is 24.8 Å². The van der Waals surface area contributed by atoms with Crippen LogP contribution in [0.2, 0.25) is 0 Å². The maximum absolute atomic E-state index is 11.5. The average molecular weight is 250 g/mol. The molecule has 5 nitrogen and oxygen atoms in total. The van der Waals surface area contributed by atoms with Gasteiger partial charge in [0.1, 0.15) is 0 Å². The lowest BCUT2D eigenvalue weighted by atomic mass is 10.2. The minimum Gasteiger partial charge on any atom is -0.481 e. The largest absolute Gasteiger partial charge is 0.481 e. The first-order chi connectivity index (χ1) is 8.59. The molecule has 0 heterocycles. The Hall–Kier alpha value is -2.04. The monoisotopic (exact) mass is 250 g/mol. The minimum atomic E-state index is -0.806. The number of hydrogen-bond acceptors (Lipinski definition) is 2. The maximum Gasteiger partial charge on any atom is 0.319 e. The van der Waals surface area contributed by atoms with Gasteiger partial charge in [0.25, 0.3) is 0 Å². The number of carbonyl (C=O) groups is 2. The van der Waals surface area contributed by atoms with Gasteiger partial charge in [-0.3, -0.25) is 4.79 Å². The van der Waals surface area contributed by atoms with E-state index in [0.717, 1.165) is 11.3 Å². The summed E-state index contributed by atoms with van der Waals surface area (Å²) in [4.78, 5) is 21.8. The number of amides is 2. The number of nitrogens with one attached hydrogen (secondary N) is 2. The van der Waals surface area contributed by atoms with Crippen molar-refractivity contribution in [3.05, 3.63) is 29.8 Å². The van der Waals surface area contributed by atoms with E-state index in [9.17, 15) is 9.59 Å². The molecule has 0 unspecified atom stereocenters. The molecular formula is C13H18N2O3. The van der Waals surface area contributed by atoms with Gasteiger partial charge in [-0.1, -0.05) is 18.2 Å². The van der Waals surface area contributed by atoms with E-state index in [1.165, 1.54) is 0 Å². The molecule has 0 bridgehead atoms. The summed E-state index contributed by atoms with van der Waals surface area (Å²) in [6, 6.07) is 7.25. The molecule has 0 fully saturated rings. The summed E-state index contributed by atoms with van der Waals surface area (Å²) in [6.45, 7) is 2.40. The zero-order valence-corrected chi connectivity index (χ0v) is 10.4. The zero-order valence-electron chi connectivity index (χ0n) is 10.4. The van der Waals surface area contributed by atoms with Crippen LogP contribution in [0.25, 0.3) is 0 Å². The molecule has 0 saturated heterocycles. The van der Waals surface area contributed by atoms with Gasteiger partial charge in [-0.15, -0.1) is 0 Å². The fraction of sp³-hybridized carbons (Fsp3) is 0.385. The van der Waals surface area contributed by atoms with Crippen molar-refractivity contribution >= 4 is 17.7 Å². The summed E-state index contributed by atoms with van der Waals surface area (Å²) < 4.78 is 0. The first-order valence-corrected chi connectivity index (χ1v) is 5.92. The summed E-state index contributed by atoms with van der Waals surface area (Å²) >= 11 is 0. The molecule has 0 aliphatic heterocycles. The second-order valence-electron chi connectivity index (χ2n) is 4.05. The van der Waals surface area contributed by atoms with Crippen molar-refractivity contribution in [2.45, 2.75) is 26.2 Å². The fourth-order valence-electron chi connectivity index (χ4n) is 1.48. The van der Waals surface area contributed by atoms with Gasteiger partial charge < -0.3 is 15.7 Å². The molecule has 98 valence electrons. The quantitative estimate of drug-likeness (QED) is 0.678. The summed E-state index contributed by atoms with van der Waals surface area (Å²) in [6.07, 6.45) is 1.37. The number of aryl methyl sites for hydroxylation is 1. The Bertz CT molecular complexity index is 418. The van der Waals surface area contributed by atoms with Crippen LogP contribution in [-0.2, 0) is 4.79 Å². The van der Waals surface area contributed by atoms with Crippen molar-refractivity contribution in [3.8, 4) is 0 Å². The third kappa shape index (κ3) is 5.34. The Labute approximate surface area is 106 Å². The molecule has 3 N–H and O–H groups in total. The highest BCUT2D eigenvalue weighted by Gasteiger charge is 2.03. The van der Waals surface area contributed by atoms with Gasteiger partial charge in [-0.2, -0.15) is 0 Å². The molecule has 1 aromatic carbocycles. The predicted octanol–water partition coefficient (Wildman–Crippen LogP) is 2.37. The van der Waals surface area contributed by atoms with Crippen LogP contribution in [0.15, 0.2) is 24.3 Å². The SMILES string of the molecule is Cc1ccccc1NC(=O)NCCCCC(=O)O. The predicted molar refractivity (Wildman–Crippen MR) is 69.7 cm³/mol. The summed E-state index contributed by atoms with van der Waals surface area (Å²) in [5.41, 5.74) is 1.78. The number of carboxylic acid groups (broad SMARTS) is 1. The van der Waals surface area contributed by atoms with Crippen LogP contribution >= 0.6 is 0 Å². The molecular weight excluding hydrogens is 232 g/mol. The van der Waals surface area contributed by atoms with Gasteiger partial charge in [-0.05, 0) is 31.4 Å². The van der Waals surface area contributed by atoms with E-state index >= 15 is 0 Å². The van der Waals surface area contributed by atoms with Gasteiger partial charge >= 0.3 is 12.0 Å². The van der Waals surface area contributed by atoms with E-state index in [0.29, 0.717) is 19.4 Å². The van der Waals surface area contributed by atoms with Gasteiger partial charge in [0.2, 0.25) is 0 Å². The first-order valence-electron chi connectivity index (χ1n) is 5.92. The number of urea groups is 1. The van der Waals surface area contributed by atoms with Gasteiger partial charge in [-0.25, -0.2) is 4.79 Å². The fourth-order valence-corrected chi connectivity index (χ4v) is 1.48. The number of anilines is 1. The van der Waals surface area contributed by atoms with E-state index in [2.05, 4.69) is 10.6 Å². The van der Waals surface area contributed by atoms with Crippen LogP contribution in [0.5, 0.6) is 0 Å². The van der Waals surface area contributed by atoms with E-state index < -0.39 is 5.97 Å². The van der Waals surface area contributed by atoms with Gasteiger partial charge in [0.05, 0.1) is 0 Å². The third-order valence-electron chi connectivity index (χ3n) is 2.50. The molecule has 1 rings (SSSR count). The minimum absolute atomic E-state index is 0.140. The van der Waals surface area contributed by atoms with Crippen molar-refractivity contribution in [2.75, 3.05) is 11.9 Å². The molecule has 0 aliphatic rings. The number of hydrogen-bond donors (Lipinski definition) is 3. The molecule has 5 heteroatoms. The molecule has 18 heavy (non-hydrogen) atoms. The van der Waals surface area contributed by atoms with E-state index in [-0.39, 0.29) is 12.5 Å². The highest BCUT2D eigenvalue weighted by Crippen LogP contribution is 2.12. The van der Waals surface area contributed by atoms with Gasteiger partial charge in [0, 0.05) is 18.7 Å². The topological polar surface area (TPSA) is 78.4 Å². The van der Waals surface area contributed by atoms with Crippen LogP contribution in [0.3, 0.4) is 0 Å². The summed E-state index contributed by atoms with van der Waals surface area (Å²) in [5.74, 6) is -0.806. The van der Waals surface area contributed by atoms with Crippen LogP contribution < -0.4 is 10.6 Å². The van der Waals surface area contributed by atoms with E-state index in [1.807, 2.05) is 31.2 Å². The molecule has 0 aliphatic carbocycles. The van der Waals surface area contributed by atoms with Crippen molar-refractivity contribution in [3.63, 3.8) is 0 Å². The standard InChI is InChI=1S/C13H18N2O3/c1-10-6-2-3-7-11(10)15-13(18)14-9-5-4-8-12(16)17/h2-3,6-7H,4-5,8-9H2,1H3,(H,16,17)(H2,14,15,18). The molecule has 0 atom stereocenters. The summed E-state index contributed by atoms with van der Waals surface area (Å²) in [7, 11) is 0. The van der Waals surface area contributed by atoms with Crippen molar-refractivity contribution in [2.24, 2.45) is 0 Å². The van der Waals surface area contributed by atoms with Gasteiger partial charge in [0.15, 0.2) is 0 Å². The molecule has 0 radical (unpaired) electrons. The lowest BCUT2D eigenvalue weighted by Gasteiger charge is -2.09. The zero-order chi connectivity index (χ0) is 13.4. The Kier molecular flexibility index (Phi) is 5.70. The van der Waals surface area contributed by atoms with Crippen LogP contribution in [0.4, 0.5) is 10.5 Å². The average Bonchev–Trinajstić information content (AvgIpc) is 2.31. The Morgan fingerprint density at radius 1 is 1.22 bits per heavy atom. The smallest absolute Gasteiger partial charge is 0.319 e. The Morgan fingerprint density at radius 3 is 2.61 bits per heavy atom. The van der Waals surface area contributed by atoms with Crippen molar-refractivity contribution < 1.29 is 14.7 Å². The molecule has 2 amide bonds. The van der Waals surface area contributed by atoms with Crippen molar-refractivity contribution in [1.82, 2.24) is 5.32 Å². The maximum atomic E-state index is 11.5. The highest BCUT2D eigenvalue weighted by atomic mass is 16.4. The summed E-state index contributed by atoms with van der Waals surface area (Å²) in [5, 5.41) is 13.9. The van der Waals surface area contributed by atoms with Crippen molar-refractivity contribution in [1.29, 1.82) is 0 Å². The van der Waals surface area contributed by atoms with E-state index in [4.69, 9.17) is 5.11 Å². The van der Waals surface area contributed by atoms with E-state index in [1.54, 1.807) is 0 Å². The first kappa shape index (κ1) is 14.0. The third-order valence-corrected chi connectivity index (χ3v) is 2.50. The van der Waals surface area contributed by atoms with Crippen LogP contribution in [0, 0.1) is 6.92 Å². The molecule has 0 spiro atoms. The Morgan fingerprint density at radius 2 is 1.94 bits per heavy atom. The second-order valence-corrected chi connectivity index (χ2v) is 4.05. The lowest BCUT2D eigenvalue weighted by molar-refractivity contribution is -0.137. The second kappa shape index (κ2) is 7.32. The lowest BCUT2D eigenvalue weighted by Crippen LogP contribution is -2.29.